The van der Waals surface area contributed by atoms with Crippen molar-refractivity contribution in [3.63, 3.8) is 0 Å². The van der Waals surface area contributed by atoms with Gasteiger partial charge in [-0.25, -0.2) is 8.78 Å². The van der Waals surface area contributed by atoms with Crippen molar-refractivity contribution in [2.45, 2.75) is 82.4 Å². The predicted octanol–water partition coefficient (Wildman–Crippen LogP) is 4.52. The van der Waals surface area contributed by atoms with E-state index in [0.29, 0.717) is 23.6 Å². The molecule has 2 aromatic carbocycles. The molecule has 0 aromatic heterocycles. The molecule has 1 saturated heterocycles. The third-order valence-electron chi connectivity index (χ3n) is 7.44. The number of halogens is 2. The van der Waals surface area contributed by atoms with Gasteiger partial charge in [0.1, 0.15) is 6.10 Å². The van der Waals surface area contributed by atoms with Crippen molar-refractivity contribution in [1.29, 1.82) is 5.26 Å². The fourth-order valence-corrected chi connectivity index (χ4v) is 5.26. The average Bonchev–Trinajstić information content (AvgIpc) is 3.67. The third-order valence-corrected chi connectivity index (χ3v) is 7.44. The molecule has 2 aliphatic carbocycles. The summed E-state index contributed by atoms with van der Waals surface area (Å²) in [5.74, 6) is -2.67. The van der Waals surface area contributed by atoms with Gasteiger partial charge >= 0.3 is 0 Å². The number of carbonyl (C=O) groups excluding carboxylic acids is 1. The SMILES string of the molecule is CC1(C)O[C@@H]2C[C@@](OCc3ccccc3C#N)(C(=O)NCC3CC3)CC(OCc3cccc(F)c3F)[C@@H]2O1. The van der Waals surface area contributed by atoms with Crippen LogP contribution in [0.2, 0.25) is 0 Å². The second-order valence-corrected chi connectivity index (χ2v) is 10.8. The largest absolute Gasteiger partial charge is 0.370 e. The Morgan fingerprint density at radius 3 is 2.61 bits per heavy atom. The number of nitrogens with zero attached hydrogens (tertiary/aromatic N) is 1. The van der Waals surface area contributed by atoms with Crippen molar-refractivity contribution in [2.75, 3.05) is 6.54 Å². The molecule has 1 N–H and O–H groups in total. The molecule has 9 heteroatoms. The first kappa shape index (κ1) is 26.7. The molecule has 1 unspecified atom stereocenters. The molecule has 0 radical (unpaired) electrons. The lowest BCUT2D eigenvalue weighted by molar-refractivity contribution is -0.183. The van der Waals surface area contributed by atoms with Crippen LogP contribution in [0.25, 0.3) is 0 Å². The molecule has 3 aliphatic rings. The van der Waals surface area contributed by atoms with Crippen LogP contribution in [0.4, 0.5) is 8.78 Å². The Hall–Kier alpha value is -2.90. The van der Waals surface area contributed by atoms with Crippen molar-refractivity contribution in [2.24, 2.45) is 5.92 Å². The summed E-state index contributed by atoms with van der Waals surface area (Å²) in [6.07, 6.45) is 0.738. The first-order chi connectivity index (χ1) is 18.2. The van der Waals surface area contributed by atoms with Crippen LogP contribution >= 0.6 is 0 Å². The van der Waals surface area contributed by atoms with E-state index >= 15 is 0 Å². The van der Waals surface area contributed by atoms with Gasteiger partial charge in [-0.2, -0.15) is 5.26 Å². The van der Waals surface area contributed by atoms with Crippen LogP contribution in [0.1, 0.15) is 56.2 Å². The van der Waals surface area contributed by atoms with Crippen molar-refractivity contribution >= 4 is 5.91 Å². The minimum atomic E-state index is -1.34. The first-order valence-electron chi connectivity index (χ1n) is 13.0. The van der Waals surface area contributed by atoms with E-state index in [4.69, 9.17) is 18.9 Å². The number of nitriles is 1. The highest BCUT2D eigenvalue weighted by Gasteiger charge is 2.58. The maximum absolute atomic E-state index is 14.4. The van der Waals surface area contributed by atoms with Crippen LogP contribution in [0.5, 0.6) is 0 Å². The quantitative estimate of drug-likeness (QED) is 0.517. The Morgan fingerprint density at radius 1 is 1.08 bits per heavy atom. The summed E-state index contributed by atoms with van der Waals surface area (Å²) in [6, 6.07) is 13.2. The molecule has 38 heavy (non-hydrogen) atoms. The number of carbonyl (C=O) groups is 1. The zero-order valence-electron chi connectivity index (χ0n) is 21.5. The molecule has 7 nitrogen and oxygen atoms in total. The molecule has 4 atom stereocenters. The van der Waals surface area contributed by atoms with Gasteiger partial charge in [0.05, 0.1) is 37.1 Å². The van der Waals surface area contributed by atoms with Crippen molar-refractivity contribution in [1.82, 2.24) is 5.32 Å². The van der Waals surface area contributed by atoms with E-state index in [9.17, 15) is 18.8 Å². The highest BCUT2D eigenvalue weighted by atomic mass is 19.2. The van der Waals surface area contributed by atoms with Crippen LogP contribution < -0.4 is 5.32 Å². The van der Waals surface area contributed by atoms with Gasteiger partial charge in [0.15, 0.2) is 23.0 Å². The Morgan fingerprint density at radius 2 is 1.84 bits per heavy atom. The van der Waals surface area contributed by atoms with Gasteiger partial charge in [-0.05, 0) is 50.3 Å². The maximum atomic E-state index is 14.4. The molecule has 1 amide bonds. The van der Waals surface area contributed by atoms with Crippen molar-refractivity contribution in [3.05, 3.63) is 70.8 Å². The van der Waals surface area contributed by atoms with E-state index in [0.717, 1.165) is 18.9 Å². The highest BCUT2D eigenvalue weighted by molar-refractivity contribution is 5.85. The van der Waals surface area contributed by atoms with Crippen molar-refractivity contribution < 1.29 is 32.5 Å². The first-order valence-corrected chi connectivity index (χ1v) is 13.0. The van der Waals surface area contributed by atoms with Crippen LogP contribution in [0.15, 0.2) is 42.5 Å². The van der Waals surface area contributed by atoms with Gasteiger partial charge in [0, 0.05) is 24.9 Å². The minimum Gasteiger partial charge on any atom is -0.370 e. The molecular weight excluding hydrogens is 494 g/mol. The fourth-order valence-electron chi connectivity index (χ4n) is 5.26. The molecule has 2 saturated carbocycles. The zero-order chi connectivity index (χ0) is 26.9. The summed E-state index contributed by atoms with van der Waals surface area (Å²) in [5, 5.41) is 12.6. The summed E-state index contributed by atoms with van der Waals surface area (Å²) in [5.41, 5.74) is -0.147. The fraction of sp³-hybridized carbons (Fsp3) is 0.517. The van der Waals surface area contributed by atoms with Gasteiger partial charge in [-0.3, -0.25) is 4.79 Å². The summed E-state index contributed by atoms with van der Waals surface area (Å²) in [6.45, 7) is 3.95. The van der Waals surface area contributed by atoms with Crippen LogP contribution in [-0.2, 0) is 37.0 Å². The highest BCUT2D eigenvalue weighted by Crippen LogP contribution is 2.44. The van der Waals surface area contributed by atoms with Gasteiger partial charge in [-0.15, -0.1) is 0 Å². The maximum Gasteiger partial charge on any atom is 0.252 e. The normalized spacial score (nSPS) is 27.9. The van der Waals surface area contributed by atoms with E-state index in [1.165, 1.54) is 12.1 Å². The molecule has 5 rings (SSSR count). The van der Waals surface area contributed by atoms with E-state index in [1.54, 1.807) is 32.0 Å². The average molecular weight is 527 g/mol. The second-order valence-electron chi connectivity index (χ2n) is 10.8. The lowest BCUT2D eigenvalue weighted by Crippen LogP contribution is -2.60. The number of fused-ring (bicyclic) bond motifs is 1. The number of hydrogen-bond donors (Lipinski definition) is 1. The molecular formula is C29H32F2N2O5. The van der Waals surface area contributed by atoms with Crippen LogP contribution in [0.3, 0.4) is 0 Å². The van der Waals surface area contributed by atoms with Crippen molar-refractivity contribution in [3.8, 4) is 6.07 Å². The predicted molar refractivity (Wildman–Crippen MR) is 132 cm³/mol. The van der Waals surface area contributed by atoms with Gasteiger partial charge in [0.2, 0.25) is 0 Å². The van der Waals surface area contributed by atoms with E-state index in [2.05, 4.69) is 11.4 Å². The van der Waals surface area contributed by atoms with Crippen LogP contribution in [-0.4, -0.2) is 42.2 Å². The lowest BCUT2D eigenvalue weighted by atomic mass is 9.78. The Bertz CT molecular complexity index is 1230. The molecule has 0 bridgehead atoms. The molecule has 2 aromatic rings. The number of ether oxygens (including phenoxy) is 4. The van der Waals surface area contributed by atoms with E-state index in [-0.39, 0.29) is 37.5 Å². The van der Waals surface area contributed by atoms with Crippen LogP contribution in [0, 0.1) is 28.9 Å². The van der Waals surface area contributed by atoms with Gasteiger partial charge < -0.3 is 24.3 Å². The number of rotatable bonds is 9. The topological polar surface area (TPSA) is 89.8 Å². The summed E-state index contributed by atoms with van der Waals surface area (Å²) < 4.78 is 53.0. The third kappa shape index (κ3) is 5.74. The summed E-state index contributed by atoms with van der Waals surface area (Å²) >= 11 is 0. The number of hydrogen-bond acceptors (Lipinski definition) is 6. The Kier molecular flexibility index (Phi) is 7.51. The zero-order valence-corrected chi connectivity index (χ0v) is 21.5. The van der Waals surface area contributed by atoms with Gasteiger partial charge in [0.25, 0.3) is 5.91 Å². The molecule has 1 heterocycles. The lowest BCUT2D eigenvalue weighted by Gasteiger charge is -2.43. The second kappa shape index (κ2) is 10.7. The smallest absolute Gasteiger partial charge is 0.252 e. The number of nitrogens with one attached hydrogen (secondary N) is 1. The van der Waals surface area contributed by atoms with Gasteiger partial charge in [-0.1, -0.05) is 30.3 Å². The molecule has 3 fully saturated rings. The monoisotopic (exact) mass is 526 g/mol. The number of amides is 1. The molecule has 0 spiro atoms. The van der Waals surface area contributed by atoms with E-state index < -0.39 is 41.3 Å². The van der Waals surface area contributed by atoms with E-state index in [1.807, 2.05) is 6.07 Å². The Balaban J connectivity index is 1.42. The molecule has 1 aliphatic heterocycles. The Labute approximate surface area is 221 Å². The number of benzene rings is 2. The minimum absolute atomic E-state index is 0.0352. The summed E-state index contributed by atoms with van der Waals surface area (Å²) in [7, 11) is 0. The standard InChI is InChI=1S/C29H32F2N2O5/c1-28(2)37-24-13-29(27(34)33-15-18-10-11-18,36-17-20-7-4-3-6-19(20)14-32)12-23(26(24)38-28)35-16-21-8-5-9-22(30)25(21)31/h3-9,18,23-24,26H,10-13,15-17H2,1-2H3,(H,33,34)/t23?,24-,26+,29-/m1/s1. The molecule has 202 valence electrons. The summed E-state index contributed by atoms with van der Waals surface area (Å²) in [4.78, 5) is 13.7.